The predicted molar refractivity (Wildman–Crippen MR) is 79.9 cm³/mol. The average Bonchev–Trinajstić information content (AvgIpc) is 2.56. The lowest BCUT2D eigenvalue weighted by molar-refractivity contribution is 1.02. The fraction of sp³-hybridized carbons (Fsp3) is 0.467. The van der Waals surface area contributed by atoms with Gasteiger partial charge in [-0.1, -0.05) is 53.8 Å². The average molecular weight is 247 g/mol. The van der Waals surface area contributed by atoms with E-state index in [1.165, 1.54) is 21.9 Å². The van der Waals surface area contributed by atoms with Crippen LogP contribution in [0.1, 0.15) is 33.3 Å². The van der Waals surface area contributed by atoms with Gasteiger partial charge in [0.1, 0.15) is 0 Å². The molecule has 0 fully saturated rings. The van der Waals surface area contributed by atoms with Crippen LogP contribution in [-0.2, 0) is 0 Å². The van der Waals surface area contributed by atoms with Crippen molar-refractivity contribution in [3.05, 3.63) is 29.8 Å². The van der Waals surface area contributed by atoms with Crippen molar-refractivity contribution in [1.82, 2.24) is 4.98 Å². The van der Waals surface area contributed by atoms with E-state index in [0.29, 0.717) is 0 Å². The van der Waals surface area contributed by atoms with Crippen molar-refractivity contribution in [2.24, 2.45) is 0 Å². The van der Waals surface area contributed by atoms with Crippen LogP contribution in [0.15, 0.2) is 24.3 Å². The third kappa shape index (κ3) is 2.26. The van der Waals surface area contributed by atoms with Crippen LogP contribution in [0.3, 0.4) is 0 Å². The van der Waals surface area contributed by atoms with Crippen molar-refractivity contribution >= 4 is 24.3 Å². The number of para-hydroxylation sites is 1. The summed E-state index contributed by atoms with van der Waals surface area (Å²) in [5.74, 6) is 0. The summed E-state index contributed by atoms with van der Waals surface area (Å²) in [4.78, 5) is 3.66. The first-order valence-electron chi connectivity index (χ1n) is 6.38. The number of nitrogens with one attached hydrogen (secondary N) is 1. The number of aromatic amines is 1. The van der Waals surface area contributed by atoms with Gasteiger partial charge in [0.25, 0.3) is 0 Å². The summed E-state index contributed by atoms with van der Waals surface area (Å²) in [5, 5.41) is 1.39. The molecule has 0 atom stereocenters. The monoisotopic (exact) mass is 247 g/mol. The normalized spacial score (nSPS) is 12.2. The zero-order valence-electron chi connectivity index (χ0n) is 11.4. The molecule has 1 nitrogen and oxygen atoms in total. The minimum atomic E-state index is -0.0970. The number of hydrogen-bond acceptors (Lipinski definition) is 0. The molecule has 1 N–H and O–H groups in total. The molecule has 0 bridgehead atoms. The lowest BCUT2D eigenvalue weighted by atomic mass is 10.2. The third-order valence-electron chi connectivity index (χ3n) is 3.31. The van der Waals surface area contributed by atoms with Crippen LogP contribution in [-0.4, -0.2) is 16.3 Å². The van der Waals surface area contributed by atoms with E-state index in [-0.39, 0.29) is 7.92 Å². The number of aryl methyl sites for hydroxylation is 1. The molecule has 0 aliphatic carbocycles. The Balaban J connectivity index is 2.57. The highest BCUT2D eigenvalue weighted by molar-refractivity contribution is 7.66. The molecule has 92 valence electrons. The van der Waals surface area contributed by atoms with Crippen molar-refractivity contribution in [3.63, 3.8) is 0 Å². The molecule has 0 amide bonds. The van der Waals surface area contributed by atoms with Crippen molar-refractivity contribution < 1.29 is 0 Å². The maximum absolute atomic E-state index is 3.66. The van der Waals surface area contributed by atoms with E-state index in [1.54, 1.807) is 0 Å². The zero-order valence-corrected chi connectivity index (χ0v) is 12.3. The molecule has 0 aliphatic rings. The van der Waals surface area contributed by atoms with E-state index in [2.05, 4.69) is 63.9 Å². The summed E-state index contributed by atoms with van der Waals surface area (Å²) in [5.41, 5.74) is 5.70. The number of aromatic nitrogens is 1. The molecular weight excluding hydrogens is 225 g/mol. The van der Waals surface area contributed by atoms with Gasteiger partial charge in [-0.3, -0.25) is 0 Å². The van der Waals surface area contributed by atoms with Crippen molar-refractivity contribution in [2.45, 2.75) is 45.9 Å². The Morgan fingerprint density at radius 1 is 1.00 bits per heavy atom. The number of benzene rings is 1. The molecule has 0 radical (unpaired) electrons. The van der Waals surface area contributed by atoms with Crippen LogP contribution >= 0.6 is 7.92 Å². The fourth-order valence-electron chi connectivity index (χ4n) is 2.64. The smallest absolute Gasteiger partial charge is 0.0461 e. The number of hydrogen-bond donors (Lipinski definition) is 1. The summed E-state index contributed by atoms with van der Waals surface area (Å²) >= 11 is 0. The van der Waals surface area contributed by atoms with E-state index in [0.717, 1.165) is 11.3 Å². The summed E-state index contributed by atoms with van der Waals surface area (Å²) in [6.45, 7) is 11.6. The summed E-state index contributed by atoms with van der Waals surface area (Å²) in [6, 6.07) is 8.63. The maximum Gasteiger partial charge on any atom is 0.0461 e. The summed E-state index contributed by atoms with van der Waals surface area (Å²) in [7, 11) is -0.0970. The largest absolute Gasteiger partial charge is 0.355 e. The van der Waals surface area contributed by atoms with E-state index in [4.69, 9.17) is 0 Å². The zero-order chi connectivity index (χ0) is 12.6. The first kappa shape index (κ1) is 12.6. The molecule has 1 heterocycles. The predicted octanol–water partition coefficient (Wildman–Crippen LogP) is 4.40. The van der Waals surface area contributed by atoms with E-state index >= 15 is 0 Å². The van der Waals surface area contributed by atoms with E-state index in [9.17, 15) is 0 Å². The Morgan fingerprint density at radius 3 is 2.12 bits per heavy atom. The Bertz CT molecular complexity index is 503. The molecule has 2 heteroatoms. The maximum atomic E-state index is 3.66. The fourth-order valence-corrected chi connectivity index (χ4v) is 5.62. The first-order valence-corrected chi connectivity index (χ1v) is 7.86. The molecule has 2 aromatic rings. The van der Waals surface area contributed by atoms with Gasteiger partial charge in [0.05, 0.1) is 0 Å². The van der Waals surface area contributed by atoms with Gasteiger partial charge in [-0.2, -0.15) is 0 Å². The van der Waals surface area contributed by atoms with Crippen LogP contribution in [0.5, 0.6) is 0 Å². The van der Waals surface area contributed by atoms with Crippen molar-refractivity contribution in [3.8, 4) is 0 Å². The van der Waals surface area contributed by atoms with Crippen LogP contribution in [0, 0.1) is 6.92 Å². The molecule has 2 rings (SSSR count). The standard InChI is InChI=1S/C15H22NP/c1-10(2)17(11(3)4)15-12(5)13-8-6-7-9-14(13)16-15/h6-11,16H,1-5H3. The van der Waals surface area contributed by atoms with Crippen molar-refractivity contribution in [2.75, 3.05) is 0 Å². The van der Waals surface area contributed by atoms with Gasteiger partial charge in [-0.25, -0.2) is 0 Å². The Morgan fingerprint density at radius 2 is 1.59 bits per heavy atom. The lowest BCUT2D eigenvalue weighted by Gasteiger charge is -2.25. The second-order valence-corrected chi connectivity index (χ2v) is 8.57. The van der Waals surface area contributed by atoms with Crippen LogP contribution in [0.2, 0.25) is 0 Å². The second kappa shape index (κ2) is 4.82. The quantitative estimate of drug-likeness (QED) is 0.774. The van der Waals surface area contributed by atoms with Crippen LogP contribution in [0.25, 0.3) is 10.9 Å². The van der Waals surface area contributed by atoms with Gasteiger partial charge < -0.3 is 4.98 Å². The number of rotatable bonds is 3. The summed E-state index contributed by atoms with van der Waals surface area (Å²) < 4.78 is 0. The molecule has 0 saturated carbocycles. The molecule has 0 saturated heterocycles. The molecule has 1 aromatic carbocycles. The first-order chi connectivity index (χ1) is 8.02. The highest BCUT2D eigenvalue weighted by Crippen LogP contribution is 2.46. The summed E-state index contributed by atoms with van der Waals surface area (Å²) in [6.07, 6.45) is 0. The molecule has 1 aromatic heterocycles. The van der Waals surface area contributed by atoms with Gasteiger partial charge in [-0.15, -0.1) is 0 Å². The van der Waals surface area contributed by atoms with Gasteiger partial charge in [0, 0.05) is 16.3 Å². The minimum absolute atomic E-state index is 0.0970. The van der Waals surface area contributed by atoms with Gasteiger partial charge >= 0.3 is 0 Å². The number of H-pyrrole nitrogens is 1. The van der Waals surface area contributed by atoms with E-state index < -0.39 is 0 Å². The minimum Gasteiger partial charge on any atom is -0.355 e. The van der Waals surface area contributed by atoms with Gasteiger partial charge in [0.15, 0.2) is 0 Å². The highest BCUT2D eigenvalue weighted by atomic mass is 31.1. The molecular formula is C15H22NP. The van der Waals surface area contributed by atoms with Crippen LogP contribution < -0.4 is 5.44 Å². The third-order valence-corrected chi connectivity index (χ3v) is 6.50. The number of fused-ring (bicyclic) bond motifs is 1. The van der Waals surface area contributed by atoms with E-state index in [1.807, 2.05) is 0 Å². The Labute approximate surface area is 105 Å². The molecule has 0 unspecified atom stereocenters. The SMILES string of the molecule is Cc1c(P(C(C)C)C(C)C)[nH]c2ccccc12. The van der Waals surface area contributed by atoms with Gasteiger partial charge in [0.2, 0.25) is 0 Å². The molecule has 0 spiro atoms. The van der Waals surface area contributed by atoms with Crippen LogP contribution in [0.4, 0.5) is 0 Å². The second-order valence-electron chi connectivity index (χ2n) is 5.24. The highest BCUT2D eigenvalue weighted by Gasteiger charge is 2.23. The topological polar surface area (TPSA) is 15.8 Å². The Hall–Kier alpha value is -0.810. The molecule has 0 aliphatic heterocycles. The lowest BCUT2D eigenvalue weighted by Crippen LogP contribution is -2.17. The van der Waals surface area contributed by atoms with Gasteiger partial charge in [-0.05, 0) is 29.9 Å². The Kier molecular flexibility index (Phi) is 3.58. The van der Waals surface area contributed by atoms with Crippen molar-refractivity contribution in [1.29, 1.82) is 0 Å². The molecule has 17 heavy (non-hydrogen) atoms.